The van der Waals surface area contributed by atoms with Crippen LogP contribution in [0.5, 0.6) is 0 Å². The number of fused-ring (bicyclic) bond motifs is 1. The Balaban J connectivity index is 1.65. The van der Waals surface area contributed by atoms with Gasteiger partial charge < -0.3 is 10.5 Å². The van der Waals surface area contributed by atoms with Crippen molar-refractivity contribution in [2.24, 2.45) is 5.73 Å². The van der Waals surface area contributed by atoms with Gasteiger partial charge in [-0.2, -0.15) is 8.61 Å². The number of hydrogen-bond acceptors (Lipinski definition) is 6. The maximum atomic E-state index is 13.3. The van der Waals surface area contributed by atoms with Crippen molar-refractivity contribution in [3.8, 4) is 0 Å². The number of sulfonamides is 2. The summed E-state index contributed by atoms with van der Waals surface area (Å²) in [6.07, 6.45) is 0.189. The minimum atomic E-state index is -4.08. The molecule has 0 spiro atoms. The summed E-state index contributed by atoms with van der Waals surface area (Å²) in [5.41, 5.74) is 7.19. The molecule has 0 radical (unpaired) electrons. The Labute approximate surface area is 181 Å². The number of amides is 1. The van der Waals surface area contributed by atoms with Gasteiger partial charge >= 0.3 is 0 Å². The lowest BCUT2D eigenvalue weighted by molar-refractivity contribution is -0.122. The lowest BCUT2D eigenvalue weighted by Gasteiger charge is -2.34. The average Bonchev–Trinajstić information content (AvgIpc) is 2.78. The second kappa shape index (κ2) is 8.32. The Morgan fingerprint density at radius 3 is 2.00 bits per heavy atom. The second-order valence-electron chi connectivity index (χ2n) is 7.43. The van der Waals surface area contributed by atoms with Gasteiger partial charge in [0.05, 0.1) is 23.0 Å². The van der Waals surface area contributed by atoms with Gasteiger partial charge in [-0.05, 0) is 41.8 Å². The Hall–Kier alpha value is -2.31. The van der Waals surface area contributed by atoms with E-state index < -0.39 is 32.0 Å². The summed E-state index contributed by atoms with van der Waals surface area (Å²) in [5.74, 6) is -0.732. The summed E-state index contributed by atoms with van der Waals surface area (Å²) in [6, 6.07) is 11.3. The van der Waals surface area contributed by atoms with Crippen LogP contribution in [0.1, 0.15) is 11.1 Å². The first-order chi connectivity index (χ1) is 14.7. The predicted octanol–water partition coefficient (Wildman–Crippen LogP) is 0.308. The van der Waals surface area contributed by atoms with E-state index in [9.17, 15) is 21.6 Å². The van der Waals surface area contributed by atoms with Crippen LogP contribution in [0, 0.1) is 0 Å². The largest absolute Gasteiger partial charge is 0.379 e. The molecule has 1 saturated heterocycles. The van der Waals surface area contributed by atoms with Crippen molar-refractivity contribution in [1.82, 2.24) is 8.61 Å². The highest BCUT2D eigenvalue weighted by Gasteiger charge is 2.38. The molecule has 11 heteroatoms. The molecular formula is C20H23N3O6S2. The normalized spacial score (nSPS) is 20.8. The SMILES string of the molecule is NC(=O)C1Cc2ccccc2CN1S(=O)(=O)c1ccc(S(=O)(=O)N2CCOCC2)cc1. The van der Waals surface area contributed by atoms with Crippen LogP contribution in [0.15, 0.2) is 58.3 Å². The predicted molar refractivity (Wildman–Crippen MR) is 112 cm³/mol. The molecule has 0 bridgehead atoms. The molecule has 2 aromatic carbocycles. The molecule has 0 aromatic heterocycles. The Morgan fingerprint density at radius 2 is 1.42 bits per heavy atom. The van der Waals surface area contributed by atoms with Gasteiger partial charge in [0, 0.05) is 19.6 Å². The highest BCUT2D eigenvalue weighted by molar-refractivity contribution is 7.89. The van der Waals surface area contributed by atoms with Gasteiger partial charge in [0.15, 0.2) is 0 Å². The number of carbonyl (C=O) groups excluding carboxylic acids is 1. The zero-order chi connectivity index (χ0) is 22.2. The summed E-state index contributed by atoms with van der Waals surface area (Å²) in [4.78, 5) is 11.9. The van der Waals surface area contributed by atoms with E-state index in [2.05, 4.69) is 0 Å². The fourth-order valence-electron chi connectivity index (χ4n) is 3.85. The lowest BCUT2D eigenvalue weighted by Crippen LogP contribution is -2.51. The van der Waals surface area contributed by atoms with Crippen LogP contribution in [0.3, 0.4) is 0 Å². The fraction of sp³-hybridized carbons (Fsp3) is 0.350. The molecule has 1 fully saturated rings. The van der Waals surface area contributed by atoms with Crippen molar-refractivity contribution in [2.75, 3.05) is 26.3 Å². The molecule has 2 aromatic rings. The summed E-state index contributed by atoms with van der Waals surface area (Å²) >= 11 is 0. The molecule has 2 aliphatic rings. The molecule has 31 heavy (non-hydrogen) atoms. The molecule has 2 N–H and O–H groups in total. The number of morpholine rings is 1. The minimum Gasteiger partial charge on any atom is -0.379 e. The first kappa shape index (κ1) is 21.9. The molecule has 1 unspecified atom stereocenters. The zero-order valence-corrected chi connectivity index (χ0v) is 18.3. The average molecular weight is 466 g/mol. The van der Waals surface area contributed by atoms with E-state index in [1.54, 1.807) is 6.07 Å². The van der Waals surface area contributed by atoms with Crippen LogP contribution in [0.4, 0.5) is 0 Å². The van der Waals surface area contributed by atoms with Gasteiger partial charge in [-0.1, -0.05) is 24.3 Å². The number of primary amides is 1. The van der Waals surface area contributed by atoms with Crippen molar-refractivity contribution in [1.29, 1.82) is 0 Å². The third-order valence-corrected chi connectivity index (χ3v) is 9.35. The Bertz CT molecular complexity index is 1190. The molecule has 166 valence electrons. The second-order valence-corrected chi connectivity index (χ2v) is 11.3. The smallest absolute Gasteiger partial charge is 0.244 e. The van der Waals surface area contributed by atoms with Crippen molar-refractivity contribution in [3.05, 3.63) is 59.7 Å². The van der Waals surface area contributed by atoms with E-state index in [4.69, 9.17) is 10.5 Å². The minimum absolute atomic E-state index is 0.00351. The highest BCUT2D eigenvalue weighted by atomic mass is 32.2. The number of benzene rings is 2. The zero-order valence-electron chi connectivity index (χ0n) is 16.7. The van der Waals surface area contributed by atoms with Gasteiger partial charge in [0.1, 0.15) is 6.04 Å². The topological polar surface area (TPSA) is 127 Å². The maximum absolute atomic E-state index is 13.3. The van der Waals surface area contributed by atoms with Gasteiger partial charge in [-0.3, -0.25) is 4.79 Å². The van der Waals surface area contributed by atoms with E-state index in [1.807, 2.05) is 18.2 Å². The number of nitrogens with zero attached hydrogens (tertiary/aromatic N) is 2. The van der Waals surface area contributed by atoms with E-state index in [-0.39, 0.29) is 35.8 Å². The van der Waals surface area contributed by atoms with Crippen LogP contribution in [0.2, 0.25) is 0 Å². The molecule has 1 amide bonds. The van der Waals surface area contributed by atoms with Crippen LogP contribution in [0.25, 0.3) is 0 Å². The van der Waals surface area contributed by atoms with Gasteiger partial charge in [-0.15, -0.1) is 0 Å². The molecule has 2 heterocycles. The highest BCUT2D eigenvalue weighted by Crippen LogP contribution is 2.29. The summed E-state index contributed by atoms with van der Waals surface area (Å²) in [7, 11) is -7.82. The molecule has 9 nitrogen and oxygen atoms in total. The lowest BCUT2D eigenvalue weighted by atomic mass is 9.96. The first-order valence-corrected chi connectivity index (χ1v) is 12.6. The quantitative estimate of drug-likeness (QED) is 0.677. The Morgan fingerprint density at radius 1 is 0.871 bits per heavy atom. The van der Waals surface area contributed by atoms with Gasteiger partial charge in [0.25, 0.3) is 0 Å². The van der Waals surface area contributed by atoms with Crippen molar-refractivity contribution in [3.63, 3.8) is 0 Å². The van der Waals surface area contributed by atoms with E-state index in [0.29, 0.717) is 13.2 Å². The maximum Gasteiger partial charge on any atom is 0.244 e. The molecule has 1 atom stereocenters. The summed E-state index contributed by atoms with van der Waals surface area (Å²) in [5, 5.41) is 0. The van der Waals surface area contributed by atoms with Gasteiger partial charge in [0.2, 0.25) is 26.0 Å². The van der Waals surface area contributed by atoms with Crippen molar-refractivity contribution >= 4 is 26.0 Å². The monoisotopic (exact) mass is 465 g/mol. The fourth-order valence-corrected chi connectivity index (χ4v) is 6.83. The van der Waals surface area contributed by atoms with Crippen LogP contribution < -0.4 is 5.73 Å². The third-order valence-electron chi connectivity index (χ3n) is 5.57. The molecule has 0 aliphatic carbocycles. The van der Waals surface area contributed by atoms with E-state index in [0.717, 1.165) is 15.4 Å². The molecule has 0 saturated carbocycles. The standard InChI is InChI=1S/C20H23N3O6S2/c21-20(24)19-13-15-3-1-2-4-16(15)14-23(19)31(27,28)18-7-5-17(6-8-18)30(25,26)22-9-11-29-12-10-22/h1-8,19H,9-14H2,(H2,21,24). The number of hydrogen-bond donors (Lipinski definition) is 1. The molecule has 4 rings (SSSR count). The van der Waals surface area contributed by atoms with Crippen LogP contribution in [-0.4, -0.2) is 63.7 Å². The van der Waals surface area contributed by atoms with Crippen molar-refractivity contribution in [2.45, 2.75) is 28.8 Å². The number of rotatable bonds is 5. The number of nitrogens with two attached hydrogens (primary N) is 1. The summed E-state index contributed by atoms with van der Waals surface area (Å²) < 4.78 is 59.8. The Kier molecular flexibility index (Phi) is 5.88. The van der Waals surface area contributed by atoms with Gasteiger partial charge in [-0.25, -0.2) is 16.8 Å². The first-order valence-electron chi connectivity index (χ1n) is 9.77. The summed E-state index contributed by atoms with van der Waals surface area (Å²) in [6.45, 7) is 1.14. The van der Waals surface area contributed by atoms with Crippen LogP contribution in [-0.2, 0) is 42.5 Å². The third kappa shape index (κ3) is 4.11. The van der Waals surface area contributed by atoms with E-state index >= 15 is 0 Å². The van der Waals surface area contributed by atoms with Crippen molar-refractivity contribution < 1.29 is 26.4 Å². The van der Waals surface area contributed by atoms with E-state index in [1.165, 1.54) is 28.6 Å². The molecular weight excluding hydrogens is 442 g/mol. The number of carbonyl (C=O) groups is 1. The number of ether oxygens (including phenoxy) is 1. The molecule has 2 aliphatic heterocycles. The van der Waals surface area contributed by atoms with Crippen LogP contribution >= 0.6 is 0 Å².